The molecule has 3 N–H and O–H groups in total. The minimum absolute atomic E-state index is 0.0173. The van der Waals surface area contributed by atoms with E-state index in [0.717, 1.165) is 5.56 Å². The van der Waals surface area contributed by atoms with Gasteiger partial charge in [0.1, 0.15) is 5.75 Å². The standard InChI is InChI=1S/C24H25N3O3/c1-2-30-22-15-9-8-14-21(22)27-23(28)17-25-20-13-7-6-12-19(20)24(29)26-16-18-10-4-3-5-11-18/h3-15,25H,2,16-17H2,1H3,(H,26,29)(H,27,28). The maximum absolute atomic E-state index is 12.6. The van der Waals surface area contributed by atoms with E-state index in [1.165, 1.54) is 0 Å². The van der Waals surface area contributed by atoms with Gasteiger partial charge in [0.05, 0.1) is 24.4 Å². The fraction of sp³-hybridized carbons (Fsp3) is 0.167. The highest BCUT2D eigenvalue weighted by molar-refractivity contribution is 6.01. The van der Waals surface area contributed by atoms with E-state index in [4.69, 9.17) is 4.74 Å². The van der Waals surface area contributed by atoms with Crippen LogP contribution in [-0.2, 0) is 11.3 Å². The second-order valence-electron chi connectivity index (χ2n) is 6.54. The molecule has 0 unspecified atom stereocenters. The van der Waals surface area contributed by atoms with Crippen molar-refractivity contribution in [2.45, 2.75) is 13.5 Å². The maximum atomic E-state index is 12.6. The highest BCUT2D eigenvalue weighted by Gasteiger charge is 2.12. The minimum atomic E-state index is -0.235. The highest BCUT2D eigenvalue weighted by Crippen LogP contribution is 2.23. The molecule has 0 atom stereocenters. The molecule has 0 aliphatic carbocycles. The number of hydrogen-bond donors (Lipinski definition) is 3. The van der Waals surface area contributed by atoms with Crippen molar-refractivity contribution < 1.29 is 14.3 Å². The van der Waals surface area contributed by atoms with Gasteiger partial charge in [-0.15, -0.1) is 0 Å². The van der Waals surface area contributed by atoms with Crippen molar-refractivity contribution in [2.75, 3.05) is 23.8 Å². The Morgan fingerprint density at radius 1 is 0.833 bits per heavy atom. The Morgan fingerprint density at radius 2 is 1.50 bits per heavy atom. The second kappa shape index (κ2) is 10.7. The van der Waals surface area contributed by atoms with Crippen molar-refractivity contribution in [3.8, 4) is 5.75 Å². The summed E-state index contributed by atoms with van der Waals surface area (Å²) in [4.78, 5) is 25.0. The van der Waals surface area contributed by atoms with Crippen LogP contribution in [0.5, 0.6) is 5.75 Å². The predicted octanol–water partition coefficient (Wildman–Crippen LogP) is 4.07. The number of rotatable bonds is 9. The first-order valence-electron chi connectivity index (χ1n) is 9.84. The van der Waals surface area contributed by atoms with Crippen molar-refractivity contribution >= 4 is 23.2 Å². The van der Waals surface area contributed by atoms with Crippen LogP contribution in [0.25, 0.3) is 0 Å². The van der Waals surface area contributed by atoms with E-state index < -0.39 is 0 Å². The summed E-state index contributed by atoms with van der Waals surface area (Å²) in [6.45, 7) is 2.85. The largest absolute Gasteiger partial charge is 0.492 e. The Balaban J connectivity index is 1.59. The van der Waals surface area contributed by atoms with Crippen LogP contribution in [0.1, 0.15) is 22.8 Å². The van der Waals surface area contributed by atoms with Crippen molar-refractivity contribution in [2.24, 2.45) is 0 Å². The molecule has 2 amide bonds. The van der Waals surface area contributed by atoms with Crippen molar-refractivity contribution in [3.05, 3.63) is 90.0 Å². The molecule has 0 saturated heterocycles. The normalized spacial score (nSPS) is 10.2. The molecule has 0 aromatic heterocycles. The van der Waals surface area contributed by atoms with Gasteiger partial charge in [-0.05, 0) is 36.8 Å². The molecule has 0 heterocycles. The molecule has 3 rings (SSSR count). The Bertz CT molecular complexity index is 990. The lowest BCUT2D eigenvalue weighted by atomic mass is 10.1. The van der Waals surface area contributed by atoms with Gasteiger partial charge in [0.25, 0.3) is 5.91 Å². The van der Waals surface area contributed by atoms with Gasteiger partial charge in [-0.25, -0.2) is 0 Å². The maximum Gasteiger partial charge on any atom is 0.253 e. The number of nitrogens with one attached hydrogen (secondary N) is 3. The number of anilines is 2. The van der Waals surface area contributed by atoms with Gasteiger partial charge in [-0.1, -0.05) is 54.6 Å². The molecule has 3 aromatic carbocycles. The van der Waals surface area contributed by atoms with Crippen LogP contribution in [0.4, 0.5) is 11.4 Å². The lowest BCUT2D eigenvalue weighted by Crippen LogP contribution is -2.26. The topological polar surface area (TPSA) is 79.5 Å². The predicted molar refractivity (Wildman–Crippen MR) is 119 cm³/mol. The quantitative estimate of drug-likeness (QED) is 0.503. The summed E-state index contributed by atoms with van der Waals surface area (Å²) in [5, 5.41) is 8.79. The van der Waals surface area contributed by atoms with E-state index in [1.54, 1.807) is 30.3 Å². The molecule has 3 aromatic rings. The van der Waals surface area contributed by atoms with Gasteiger partial charge >= 0.3 is 0 Å². The van der Waals surface area contributed by atoms with Crippen molar-refractivity contribution in [3.63, 3.8) is 0 Å². The minimum Gasteiger partial charge on any atom is -0.492 e. The summed E-state index contributed by atoms with van der Waals surface area (Å²) < 4.78 is 5.53. The molecule has 0 aliphatic rings. The average molecular weight is 403 g/mol. The zero-order chi connectivity index (χ0) is 21.2. The first-order chi connectivity index (χ1) is 14.7. The zero-order valence-electron chi connectivity index (χ0n) is 16.9. The third-order valence-electron chi connectivity index (χ3n) is 4.37. The third-order valence-corrected chi connectivity index (χ3v) is 4.37. The summed E-state index contributed by atoms with van der Waals surface area (Å²) in [6.07, 6.45) is 0. The van der Waals surface area contributed by atoms with Crippen LogP contribution in [0.15, 0.2) is 78.9 Å². The molecule has 6 nitrogen and oxygen atoms in total. The number of benzene rings is 3. The summed E-state index contributed by atoms with van der Waals surface area (Å²) in [7, 11) is 0. The van der Waals surface area contributed by atoms with E-state index in [1.807, 2.05) is 55.5 Å². The molecule has 0 spiro atoms. The van der Waals surface area contributed by atoms with E-state index in [-0.39, 0.29) is 18.4 Å². The van der Waals surface area contributed by atoms with Crippen LogP contribution in [0.2, 0.25) is 0 Å². The fourth-order valence-corrected chi connectivity index (χ4v) is 2.93. The van der Waals surface area contributed by atoms with Gasteiger partial charge in [0.2, 0.25) is 5.91 Å². The van der Waals surface area contributed by atoms with Gasteiger partial charge in [-0.3, -0.25) is 9.59 Å². The lowest BCUT2D eigenvalue weighted by molar-refractivity contribution is -0.114. The lowest BCUT2D eigenvalue weighted by Gasteiger charge is -2.14. The van der Waals surface area contributed by atoms with Crippen molar-refractivity contribution in [1.82, 2.24) is 5.32 Å². The molecule has 6 heteroatoms. The SMILES string of the molecule is CCOc1ccccc1NC(=O)CNc1ccccc1C(=O)NCc1ccccc1. The van der Waals surface area contributed by atoms with E-state index in [0.29, 0.717) is 35.8 Å². The number of para-hydroxylation sites is 3. The molecular formula is C24H25N3O3. The first kappa shape index (κ1) is 20.9. The number of amides is 2. The van der Waals surface area contributed by atoms with Gasteiger partial charge in [-0.2, -0.15) is 0 Å². The van der Waals surface area contributed by atoms with Crippen molar-refractivity contribution in [1.29, 1.82) is 0 Å². The van der Waals surface area contributed by atoms with Crippen LogP contribution in [0.3, 0.4) is 0 Å². The number of ether oxygens (including phenoxy) is 1. The third kappa shape index (κ3) is 5.85. The molecule has 0 radical (unpaired) electrons. The molecule has 0 fully saturated rings. The van der Waals surface area contributed by atoms with Gasteiger partial charge in [0.15, 0.2) is 0 Å². The van der Waals surface area contributed by atoms with Crippen LogP contribution >= 0.6 is 0 Å². The van der Waals surface area contributed by atoms with E-state index in [9.17, 15) is 9.59 Å². The summed E-state index contributed by atoms with van der Waals surface area (Å²) in [5.74, 6) is 0.180. The smallest absolute Gasteiger partial charge is 0.253 e. The highest BCUT2D eigenvalue weighted by atomic mass is 16.5. The first-order valence-corrected chi connectivity index (χ1v) is 9.84. The molecular weight excluding hydrogens is 378 g/mol. The van der Waals surface area contributed by atoms with E-state index in [2.05, 4.69) is 16.0 Å². The summed E-state index contributed by atoms with van der Waals surface area (Å²) in [5.41, 5.74) is 2.70. The fourth-order valence-electron chi connectivity index (χ4n) is 2.93. The van der Waals surface area contributed by atoms with Gasteiger partial charge in [0, 0.05) is 12.2 Å². The van der Waals surface area contributed by atoms with Crippen LogP contribution < -0.4 is 20.7 Å². The van der Waals surface area contributed by atoms with Crippen LogP contribution in [0, 0.1) is 0 Å². The molecule has 30 heavy (non-hydrogen) atoms. The Kier molecular flexibility index (Phi) is 7.44. The second-order valence-corrected chi connectivity index (χ2v) is 6.54. The summed E-state index contributed by atoms with van der Waals surface area (Å²) >= 11 is 0. The summed E-state index contributed by atoms with van der Waals surface area (Å²) in [6, 6.07) is 24.1. The molecule has 154 valence electrons. The number of hydrogen-bond acceptors (Lipinski definition) is 4. The van der Waals surface area contributed by atoms with Gasteiger partial charge < -0.3 is 20.7 Å². The average Bonchev–Trinajstić information content (AvgIpc) is 2.78. The number of carbonyl (C=O) groups excluding carboxylic acids is 2. The number of carbonyl (C=O) groups is 2. The van der Waals surface area contributed by atoms with Crippen LogP contribution in [-0.4, -0.2) is 25.0 Å². The zero-order valence-corrected chi connectivity index (χ0v) is 16.9. The Labute approximate surface area is 176 Å². The van der Waals surface area contributed by atoms with E-state index >= 15 is 0 Å². The Morgan fingerprint density at radius 3 is 2.27 bits per heavy atom. The molecule has 0 saturated carbocycles. The Hall–Kier alpha value is -3.80. The molecule has 0 bridgehead atoms. The monoisotopic (exact) mass is 403 g/mol. The molecule has 0 aliphatic heterocycles.